The minimum atomic E-state index is -0.127. The van der Waals surface area contributed by atoms with Crippen LogP contribution in [0.15, 0.2) is 0 Å². The molecule has 0 radical (unpaired) electrons. The Morgan fingerprint density at radius 2 is 2.00 bits per heavy atom. The van der Waals surface area contributed by atoms with Crippen LogP contribution < -0.4 is 10.6 Å². The van der Waals surface area contributed by atoms with E-state index >= 15 is 0 Å². The number of hydrogen-bond acceptors (Lipinski definition) is 3. The second-order valence-electron chi connectivity index (χ2n) is 3.86. The zero-order valence-electron chi connectivity index (χ0n) is 9.39. The van der Waals surface area contributed by atoms with Crippen LogP contribution >= 0.6 is 12.2 Å². The molecular weight excluding hydrogens is 196 g/mol. The van der Waals surface area contributed by atoms with Crippen LogP contribution in [0.25, 0.3) is 0 Å². The van der Waals surface area contributed by atoms with Crippen molar-refractivity contribution in [1.82, 2.24) is 10.6 Å². The fourth-order valence-corrected chi connectivity index (χ4v) is 1.56. The minimum absolute atomic E-state index is 0.127. The number of carbonyl (C=O) groups is 1. The van der Waals surface area contributed by atoms with Gasteiger partial charge in [-0.05, 0) is 26.3 Å². The predicted octanol–water partition coefficient (Wildman–Crippen LogP) is 1.33. The van der Waals surface area contributed by atoms with Gasteiger partial charge in [-0.2, -0.15) is 0 Å². The van der Waals surface area contributed by atoms with E-state index in [1.165, 1.54) is 0 Å². The van der Waals surface area contributed by atoms with Gasteiger partial charge < -0.3 is 10.6 Å². The van der Waals surface area contributed by atoms with Crippen LogP contribution in [0, 0.1) is 11.8 Å². The SMILES string of the molecule is CNCNC(=S)[C@@H](CC(C)C)C(C)=O. The van der Waals surface area contributed by atoms with Crippen LogP contribution in [0.2, 0.25) is 0 Å². The van der Waals surface area contributed by atoms with Crippen molar-refractivity contribution >= 4 is 23.0 Å². The number of thiocarbonyl (C=S) groups is 1. The van der Waals surface area contributed by atoms with E-state index in [4.69, 9.17) is 12.2 Å². The molecule has 0 heterocycles. The highest BCUT2D eigenvalue weighted by Gasteiger charge is 2.20. The second-order valence-corrected chi connectivity index (χ2v) is 4.30. The molecule has 4 heteroatoms. The largest absolute Gasteiger partial charge is 0.367 e. The molecule has 0 spiro atoms. The molecule has 0 rings (SSSR count). The lowest BCUT2D eigenvalue weighted by molar-refractivity contribution is -0.119. The maximum Gasteiger partial charge on any atom is 0.139 e. The molecule has 14 heavy (non-hydrogen) atoms. The van der Waals surface area contributed by atoms with E-state index in [1.54, 1.807) is 6.92 Å². The first-order valence-corrected chi connectivity index (χ1v) is 5.32. The van der Waals surface area contributed by atoms with Gasteiger partial charge >= 0.3 is 0 Å². The molecule has 0 unspecified atom stereocenters. The summed E-state index contributed by atoms with van der Waals surface area (Å²) in [5.74, 6) is 0.504. The fourth-order valence-electron chi connectivity index (χ4n) is 1.23. The summed E-state index contributed by atoms with van der Waals surface area (Å²) in [6.45, 7) is 6.40. The lowest BCUT2D eigenvalue weighted by Crippen LogP contribution is -2.38. The first-order chi connectivity index (χ1) is 6.49. The Morgan fingerprint density at radius 1 is 1.43 bits per heavy atom. The molecular formula is C10H20N2OS. The van der Waals surface area contributed by atoms with Crippen LogP contribution in [-0.2, 0) is 4.79 Å². The number of carbonyl (C=O) groups excluding carboxylic acids is 1. The maximum atomic E-state index is 11.3. The van der Waals surface area contributed by atoms with Crippen molar-refractivity contribution in [2.45, 2.75) is 27.2 Å². The van der Waals surface area contributed by atoms with Gasteiger partial charge in [-0.25, -0.2) is 0 Å². The lowest BCUT2D eigenvalue weighted by atomic mass is 9.94. The van der Waals surface area contributed by atoms with Crippen LogP contribution in [0.3, 0.4) is 0 Å². The second kappa shape index (κ2) is 6.90. The Morgan fingerprint density at radius 3 is 2.36 bits per heavy atom. The molecule has 0 aromatic rings. The van der Waals surface area contributed by atoms with Crippen molar-refractivity contribution in [2.24, 2.45) is 11.8 Å². The third-order valence-corrected chi connectivity index (χ3v) is 2.38. The van der Waals surface area contributed by atoms with Crippen LogP contribution in [0.5, 0.6) is 0 Å². The summed E-state index contributed by atoms with van der Waals surface area (Å²) in [7, 11) is 1.83. The summed E-state index contributed by atoms with van der Waals surface area (Å²) in [5, 5.41) is 5.95. The minimum Gasteiger partial charge on any atom is -0.367 e. The van der Waals surface area contributed by atoms with Crippen molar-refractivity contribution in [1.29, 1.82) is 0 Å². The average Bonchev–Trinajstić information content (AvgIpc) is 2.09. The van der Waals surface area contributed by atoms with E-state index < -0.39 is 0 Å². The molecule has 3 nitrogen and oxygen atoms in total. The monoisotopic (exact) mass is 216 g/mol. The third kappa shape index (κ3) is 5.29. The van der Waals surface area contributed by atoms with Crippen molar-refractivity contribution in [3.63, 3.8) is 0 Å². The number of Topliss-reactive ketones (excluding diaryl/α,β-unsaturated/α-hetero) is 1. The summed E-state index contributed by atoms with van der Waals surface area (Å²) >= 11 is 5.16. The van der Waals surface area contributed by atoms with E-state index in [0.29, 0.717) is 17.6 Å². The summed E-state index contributed by atoms with van der Waals surface area (Å²) in [4.78, 5) is 12.0. The Labute approximate surface area is 91.6 Å². The number of rotatable bonds is 6. The Kier molecular flexibility index (Phi) is 6.66. The molecule has 0 aromatic carbocycles. The van der Waals surface area contributed by atoms with Crippen LogP contribution in [0.1, 0.15) is 27.2 Å². The van der Waals surface area contributed by atoms with Crippen molar-refractivity contribution < 1.29 is 4.79 Å². The maximum absolute atomic E-state index is 11.3. The molecule has 0 aliphatic carbocycles. The topological polar surface area (TPSA) is 41.1 Å². The molecule has 0 aliphatic rings. The smallest absolute Gasteiger partial charge is 0.139 e. The molecule has 0 aromatic heterocycles. The highest BCUT2D eigenvalue weighted by molar-refractivity contribution is 7.80. The first-order valence-electron chi connectivity index (χ1n) is 4.91. The fraction of sp³-hybridized carbons (Fsp3) is 0.800. The summed E-state index contributed by atoms with van der Waals surface area (Å²) in [6, 6.07) is 0. The lowest BCUT2D eigenvalue weighted by Gasteiger charge is -2.18. The van der Waals surface area contributed by atoms with Gasteiger partial charge in [-0.1, -0.05) is 26.1 Å². The number of hydrogen-bond donors (Lipinski definition) is 2. The van der Waals surface area contributed by atoms with E-state index in [1.807, 2.05) is 7.05 Å². The van der Waals surface area contributed by atoms with E-state index in [0.717, 1.165) is 6.42 Å². The molecule has 0 aliphatic heterocycles. The Balaban J connectivity index is 4.19. The van der Waals surface area contributed by atoms with Gasteiger partial charge in [0.05, 0.1) is 17.6 Å². The highest BCUT2D eigenvalue weighted by Crippen LogP contribution is 2.13. The summed E-state index contributed by atoms with van der Waals surface area (Å²) < 4.78 is 0. The molecule has 0 saturated heterocycles. The van der Waals surface area contributed by atoms with Gasteiger partial charge in [-0.15, -0.1) is 0 Å². The normalized spacial score (nSPS) is 12.6. The quantitative estimate of drug-likeness (QED) is 0.519. The van der Waals surface area contributed by atoms with Gasteiger partial charge in [0, 0.05) is 0 Å². The van der Waals surface area contributed by atoms with Gasteiger partial charge in [0.15, 0.2) is 0 Å². The molecule has 2 N–H and O–H groups in total. The zero-order chi connectivity index (χ0) is 11.1. The van der Waals surface area contributed by atoms with Crippen molar-refractivity contribution in [2.75, 3.05) is 13.7 Å². The molecule has 0 bridgehead atoms. The van der Waals surface area contributed by atoms with Crippen LogP contribution in [-0.4, -0.2) is 24.5 Å². The highest BCUT2D eigenvalue weighted by atomic mass is 32.1. The van der Waals surface area contributed by atoms with E-state index in [2.05, 4.69) is 24.5 Å². The van der Waals surface area contributed by atoms with E-state index in [-0.39, 0.29) is 11.7 Å². The average molecular weight is 216 g/mol. The molecule has 1 atom stereocenters. The van der Waals surface area contributed by atoms with Gasteiger partial charge in [-0.3, -0.25) is 4.79 Å². The van der Waals surface area contributed by atoms with Gasteiger partial charge in [0.2, 0.25) is 0 Å². The van der Waals surface area contributed by atoms with Gasteiger partial charge in [0.1, 0.15) is 5.78 Å². The van der Waals surface area contributed by atoms with Gasteiger partial charge in [0.25, 0.3) is 0 Å². The predicted molar refractivity (Wildman–Crippen MR) is 63.3 cm³/mol. The summed E-state index contributed by atoms with van der Waals surface area (Å²) in [6.07, 6.45) is 0.824. The molecule has 0 saturated carbocycles. The van der Waals surface area contributed by atoms with E-state index in [9.17, 15) is 4.79 Å². The molecule has 0 fully saturated rings. The Hall–Kier alpha value is -0.480. The number of nitrogens with one attached hydrogen (secondary N) is 2. The molecule has 82 valence electrons. The third-order valence-electron chi connectivity index (χ3n) is 1.95. The first kappa shape index (κ1) is 13.5. The Bertz CT molecular complexity index is 204. The zero-order valence-corrected chi connectivity index (χ0v) is 10.2. The number of ketones is 1. The van der Waals surface area contributed by atoms with Crippen LogP contribution in [0.4, 0.5) is 0 Å². The summed E-state index contributed by atoms with van der Waals surface area (Å²) in [5.41, 5.74) is 0. The standard InChI is InChI=1S/C10H20N2OS/c1-7(2)5-9(8(3)13)10(14)12-6-11-4/h7,9,11H,5-6H2,1-4H3,(H,12,14)/t9-/m0/s1. The molecule has 0 amide bonds. The van der Waals surface area contributed by atoms with Crippen molar-refractivity contribution in [3.05, 3.63) is 0 Å². The van der Waals surface area contributed by atoms with Crippen molar-refractivity contribution in [3.8, 4) is 0 Å².